The summed E-state index contributed by atoms with van der Waals surface area (Å²) in [7, 11) is 0. The fourth-order valence-corrected chi connectivity index (χ4v) is 2.49. The fourth-order valence-electron chi connectivity index (χ4n) is 2.49. The Morgan fingerprint density at radius 2 is 2.17 bits per heavy atom. The van der Waals surface area contributed by atoms with Crippen molar-refractivity contribution >= 4 is 17.5 Å². The van der Waals surface area contributed by atoms with E-state index in [2.05, 4.69) is 34.4 Å². The molecule has 1 aromatic rings. The minimum Gasteiger partial charge on any atom is -0.380 e. The smallest absolute Gasteiger partial charge is 0.319 e. The second-order valence-corrected chi connectivity index (χ2v) is 6.08. The third-order valence-electron chi connectivity index (χ3n) is 3.97. The van der Waals surface area contributed by atoms with Crippen molar-refractivity contribution in [3.05, 3.63) is 18.3 Å². The number of anilines is 2. The van der Waals surface area contributed by atoms with Gasteiger partial charge in [-0.25, -0.2) is 9.78 Å². The summed E-state index contributed by atoms with van der Waals surface area (Å²) in [5.41, 5.74) is 0.704. The summed E-state index contributed by atoms with van der Waals surface area (Å²) in [4.78, 5) is 18.9. The van der Waals surface area contributed by atoms with Gasteiger partial charge in [0.15, 0.2) is 5.82 Å². The zero-order valence-electron chi connectivity index (χ0n) is 14.7. The summed E-state index contributed by atoms with van der Waals surface area (Å²) in [6.45, 7) is 10.1. The van der Waals surface area contributed by atoms with Crippen LogP contribution in [0.4, 0.5) is 16.3 Å². The van der Waals surface area contributed by atoms with Crippen molar-refractivity contribution in [2.75, 3.05) is 49.7 Å². The minimum atomic E-state index is -0.240. The van der Waals surface area contributed by atoms with Gasteiger partial charge in [0.25, 0.3) is 0 Å². The number of hydrogen-bond donors (Lipinski definition) is 2. The number of hydrogen-bond acceptors (Lipinski definition) is 5. The van der Waals surface area contributed by atoms with Gasteiger partial charge in [-0.3, -0.25) is 0 Å². The van der Waals surface area contributed by atoms with Crippen LogP contribution < -0.4 is 15.5 Å². The molecule has 0 saturated carbocycles. The third-order valence-corrected chi connectivity index (χ3v) is 3.97. The van der Waals surface area contributed by atoms with E-state index >= 15 is 0 Å². The van der Waals surface area contributed by atoms with Crippen LogP contribution in [0, 0.1) is 5.92 Å². The molecule has 0 bridgehead atoms. The molecule has 0 aromatic carbocycles. The van der Waals surface area contributed by atoms with Crippen LogP contribution in [-0.4, -0.2) is 56.6 Å². The number of aromatic nitrogens is 1. The topological polar surface area (TPSA) is 75.7 Å². The van der Waals surface area contributed by atoms with Crippen molar-refractivity contribution in [2.24, 2.45) is 5.92 Å². The Balaban J connectivity index is 2.00. The lowest BCUT2D eigenvalue weighted by molar-refractivity contribution is 0.111. The lowest BCUT2D eigenvalue weighted by Gasteiger charge is -2.29. The summed E-state index contributed by atoms with van der Waals surface area (Å²) in [5.74, 6) is 1.07. The van der Waals surface area contributed by atoms with E-state index in [1.54, 1.807) is 6.20 Å². The van der Waals surface area contributed by atoms with Crippen LogP contribution in [0.1, 0.15) is 20.8 Å². The van der Waals surface area contributed by atoms with E-state index in [1.165, 1.54) is 0 Å². The molecule has 24 heavy (non-hydrogen) atoms. The van der Waals surface area contributed by atoms with Gasteiger partial charge >= 0.3 is 6.03 Å². The molecule has 134 valence electrons. The molecular formula is C17H28N4O3. The molecule has 2 rings (SSSR count). The number of pyridine rings is 1. The highest BCUT2D eigenvalue weighted by Gasteiger charge is 2.19. The Bertz CT molecular complexity index is 518. The molecule has 0 radical (unpaired) electrons. The minimum absolute atomic E-state index is 0.0338. The van der Waals surface area contributed by atoms with Gasteiger partial charge in [-0.05, 0) is 25.0 Å². The SMILES string of the molecule is CCOC[C@H](NC(=O)Nc1cccnc1N1CCOCC1)C(C)C. The van der Waals surface area contributed by atoms with E-state index in [-0.39, 0.29) is 18.0 Å². The summed E-state index contributed by atoms with van der Waals surface area (Å²) < 4.78 is 10.8. The standard InChI is InChI=1S/C17H28N4O3/c1-4-23-12-15(13(2)3)20-17(22)19-14-6-5-7-18-16(14)21-8-10-24-11-9-21/h5-7,13,15H,4,8-12H2,1-3H3,(H2,19,20,22)/t15-/m0/s1. The Morgan fingerprint density at radius 3 is 2.83 bits per heavy atom. The summed E-state index contributed by atoms with van der Waals surface area (Å²) >= 11 is 0. The van der Waals surface area contributed by atoms with Crippen molar-refractivity contribution < 1.29 is 14.3 Å². The molecular weight excluding hydrogens is 308 g/mol. The third kappa shape index (κ3) is 5.35. The maximum atomic E-state index is 12.4. The first-order chi connectivity index (χ1) is 11.6. The predicted molar refractivity (Wildman–Crippen MR) is 94.5 cm³/mol. The molecule has 1 atom stereocenters. The zero-order valence-corrected chi connectivity index (χ0v) is 14.7. The van der Waals surface area contributed by atoms with Crippen LogP contribution >= 0.6 is 0 Å². The van der Waals surface area contributed by atoms with Crippen LogP contribution in [0.3, 0.4) is 0 Å². The monoisotopic (exact) mass is 336 g/mol. The number of carbonyl (C=O) groups excluding carboxylic acids is 1. The Kier molecular flexibility index (Phi) is 7.27. The van der Waals surface area contributed by atoms with Gasteiger partial charge in [0, 0.05) is 25.9 Å². The second-order valence-electron chi connectivity index (χ2n) is 6.08. The highest BCUT2D eigenvalue weighted by Crippen LogP contribution is 2.23. The highest BCUT2D eigenvalue weighted by molar-refractivity contribution is 5.92. The molecule has 2 amide bonds. The van der Waals surface area contributed by atoms with Gasteiger partial charge in [-0.2, -0.15) is 0 Å². The van der Waals surface area contributed by atoms with Gasteiger partial charge < -0.3 is 25.0 Å². The molecule has 1 saturated heterocycles. The largest absolute Gasteiger partial charge is 0.380 e. The quantitative estimate of drug-likeness (QED) is 0.797. The van der Waals surface area contributed by atoms with Crippen molar-refractivity contribution in [1.82, 2.24) is 10.3 Å². The van der Waals surface area contributed by atoms with Crippen LogP contribution in [0.25, 0.3) is 0 Å². The molecule has 2 N–H and O–H groups in total. The molecule has 0 aliphatic carbocycles. The van der Waals surface area contributed by atoms with Crippen molar-refractivity contribution in [2.45, 2.75) is 26.8 Å². The van der Waals surface area contributed by atoms with Crippen molar-refractivity contribution in [1.29, 1.82) is 0 Å². The first-order valence-electron chi connectivity index (χ1n) is 8.54. The lowest BCUT2D eigenvalue weighted by atomic mass is 10.1. The molecule has 1 aliphatic rings. The molecule has 1 fully saturated rings. The average molecular weight is 336 g/mol. The Morgan fingerprint density at radius 1 is 1.42 bits per heavy atom. The molecule has 7 nitrogen and oxygen atoms in total. The van der Waals surface area contributed by atoms with Crippen LogP contribution in [0.5, 0.6) is 0 Å². The maximum Gasteiger partial charge on any atom is 0.319 e. The number of morpholine rings is 1. The van der Waals surface area contributed by atoms with E-state index in [9.17, 15) is 4.79 Å². The number of ether oxygens (including phenoxy) is 2. The number of amides is 2. The summed E-state index contributed by atoms with van der Waals surface area (Å²) in [6.07, 6.45) is 1.74. The summed E-state index contributed by atoms with van der Waals surface area (Å²) in [6, 6.07) is 3.41. The Hall–Kier alpha value is -1.86. The predicted octanol–water partition coefficient (Wildman–Crippen LogP) is 2.10. The van der Waals surface area contributed by atoms with E-state index in [1.807, 2.05) is 19.1 Å². The van der Waals surface area contributed by atoms with Gasteiger partial charge in [0.2, 0.25) is 0 Å². The van der Waals surface area contributed by atoms with Crippen LogP contribution in [0.2, 0.25) is 0 Å². The summed E-state index contributed by atoms with van der Waals surface area (Å²) in [5, 5.41) is 5.90. The number of nitrogens with one attached hydrogen (secondary N) is 2. The Labute approximate surface area is 143 Å². The van der Waals surface area contributed by atoms with Gasteiger partial charge in [-0.15, -0.1) is 0 Å². The molecule has 1 aromatic heterocycles. The van der Waals surface area contributed by atoms with Crippen molar-refractivity contribution in [3.63, 3.8) is 0 Å². The number of carbonyl (C=O) groups is 1. The second kappa shape index (κ2) is 9.44. The van der Waals surface area contributed by atoms with Gasteiger partial charge in [0.1, 0.15) is 0 Å². The van der Waals surface area contributed by atoms with Crippen LogP contribution in [-0.2, 0) is 9.47 Å². The number of nitrogens with zero attached hydrogens (tertiary/aromatic N) is 2. The molecule has 7 heteroatoms. The molecule has 1 aliphatic heterocycles. The van der Waals surface area contributed by atoms with E-state index in [0.717, 1.165) is 18.9 Å². The van der Waals surface area contributed by atoms with Gasteiger partial charge in [0.05, 0.1) is 31.5 Å². The first-order valence-corrected chi connectivity index (χ1v) is 8.54. The number of rotatable bonds is 7. The molecule has 0 spiro atoms. The van der Waals surface area contributed by atoms with Gasteiger partial charge in [-0.1, -0.05) is 13.8 Å². The number of urea groups is 1. The van der Waals surface area contributed by atoms with E-state index in [0.29, 0.717) is 32.1 Å². The normalized spacial score (nSPS) is 16.1. The van der Waals surface area contributed by atoms with E-state index < -0.39 is 0 Å². The van der Waals surface area contributed by atoms with Crippen molar-refractivity contribution in [3.8, 4) is 0 Å². The fraction of sp³-hybridized carbons (Fsp3) is 0.647. The lowest BCUT2D eigenvalue weighted by Crippen LogP contribution is -2.44. The average Bonchev–Trinajstić information content (AvgIpc) is 2.59. The van der Waals surface area contributed by atoms with Crippen LogP contribution in [0.15, 0.2) is 18.3 Å². The highest BCUT2D eigenvalue weighted by atomic mass is 16.5. The zero-order chi connectivity index (χ0) is 17.4. The van der Waals surface area contributed by atoms with E-state index in [4.69, 9.17) is 9.47 Å². The molecule has 0 unspecified atom stereocenters. The molecule has 2 heterocycles. The maximum absolute atomic E-state index is 12.4. The first kappa shape index (κ1) is 18.5.